The van der Waals surface area contributed by atoms with Crippen molar-refractivity contribution in [2.75, 3.05) is 20.2 Å². The number of halogens is 1. The second kappa shape index (κ2) is 9.25. The number of rotatable bonds is 6. The van der Waals surface area contributed by atoms with Crippen molar-refractivity contribution in [3.63, 3.8) is 0 Å². The normalized spacial score (nSPS) is 16.7. The molecular weight excluding hydrogens is 360 g/mol. The van der Waals surface area contributed by atoms with Crippen LogP contribution in [0.5, 0.6) is 5.75 Å². The molecule has 144 valence electrons. The predicted octanol–water partition coefficient (Wildman–Crippen LogP) is 4.44. The van der Waals surface area contributed by atoms with Gasteiger partial charge in [0.25, 0.3) is 0 Å². The van der Waals surface area contributed by atoms with Crippen LogP contribution in [0.15, 0.2) is 48.5 Å². The van der Waals surface area contributed by atoms with Crippen molar-refractivity contribution in [1.82, 2.24) is 10.2 Å². The maximum Gasteiger partial charge on any atom is 0.223 e. The van der Waals surface area contributed by atoms with Crippen molar-refractivity contribution in [3.05, 3.63) is 64.7 Å². The maximum atomic E-state index is 12.7. The number of para-hydroxylation sites is 1. The maximum absolute atomic E-state index is 12.7. The molecular formula is C22H27ClN2O2. The van der Waals surface area contributed by atoms with Crippen LogP contribution in [0.25, 0.3) is 0 Å². The van der Waals surface area contributed by atoms with Crippen molar-refractivity contribution in [2.24, 2.45) is 5.92 Å². The largest absolute Gasteiger partial charge is 0.496 e. The molecule has 1 aliphatic heterocycles. The van der Waals surface area contributed by atoms with E-state index in [4.69, 9.17) is 16.3 Å². The van der Waals surface area contributed by atoms with Crippen LogP contribution in [0.3, 0.4) is 0 Å². The number of methoxy groups -OCH3 is 1. The highest BCUT2D eigenvalue weighted by molar-refractivity contribution is 6.31. The Morgan fingerprint density at radius 1 is 1.19 bits per heavy atom. The Hall–Kier alpha value is -2.04. The molecule has 2 aromatic carbocycles. The zero-order chi connectivity index (χ0) is 19.2. The van der Waals surface area contributed by atoms with E-state index >= 15 is 0 Å². The lowest BCUT2D eigenvalue weighted by Gasteiger charge is -2.32. The van der Waals surface area contributed by atoms with E-state index in [1.807, 2.05) is 49.4 Å². The fraction of sp³-hybridized carbons (Fsp3) is 0.409. The second-order valence-corrected chi connectivity index (χ2v) is 7.52. The van der Waals surface area contributed by atoms with E-state index in [-0.39, 0.29) is 17.9 Å². The third kappa shape index (κ3) is 5.02. The Kier molecular flexibility index (Phi) is 6.75. The molecule has 0 radical (unpaired) electrons. The monoisotopic (exact) mass is 386 g/mol. The summed E-state index contributed by atoms with van der Waals surface area (Å²) in [4.78, 5) is 15.1. The molecule has 1 fully saturated rings. The fourth-order valence-corrected chi connectivity index (χ4v) is 3.85. The first kappa shape index (κ1) is 19.7. The second-order valence-electron chi connectivity index (χ2n) is 7.11. The molecule has 2 aromatic rings. The van der Waals surface area contributed by atoms with Crippen molar-refractivity contribution in [3.8, 4) is 5.75 Å². The minimum absolute atomic E-state index is 0.0599. The third-order valence-corrected chi connectivity index (χ3v) is 5.64. The summed E-state index contributed by atoms with van der Waals surface area (Å²) in [6.45, 7) is 4.66. The number of hydrogen-bond acceptors (Lipinski definition) is 3. The van der Waals surface area contributed by atoms with E-state index in [0.29, 0.717) is 0 Å². The number of nitrogens with one attached hydrogen (secondary N) is 1. The summed E-state index contributed by atoms with van der Waals surface area (Å²) < 4.78 is 5.41. The average Bonchev–Trinajstić information content (AvgIpc) is 2.70. The van der Waals surface area contributed by atoms with E-state index in [0.717, 1.165) is 54.4 Å². The van der Waals surface area contributed by atoms with E-state index in [2.05, 4.69) is 16.3 Å². The van der Waals surface area contributed by atoms with Gasteiger partial charge in [-0.15, -0.1) is 0 Å². The van der Waals surface area contributed by atoms with Crippen LogP contribution in [-0.2, 0) is 11.3 Å². The van der Waals surface area contributed by atoms with Crippen LogP contribution in [0, 0.1) is 5.92 Å². The Morgan fingerprint density at radius 2 is 1.85 bits per heavy atom. The molecule has 27 heavy (non-hydrogen) atoms. The summed E-state index contributed by atoms with van der Waals surface area (Å²) in [6, 6.07) is 15.7. The fourth-order valence-electron chi connectivity index (χ4n) is 3.65. The minimum Gasteiger partial charge on any atom is -0.496 e. The Bertz CT molecular complexity index is 772. The Morgan fingerprint density at radius 3 is 2.56 bits per heavy atom. The zero-order valence-corrected chi connectivity index (χ0v) is 16.7. The van der Waals surface area contributed by atoms with Crippen LogP contribution in [0.2, 0.25) is 5.02 Å². The van der Waals surface area contributed by atoms with E-state index in [9.17, 15) is 4.79 Å². The first-order chi connectivity index (χ1) is 13.1. The van der Waals surface area contributed by atoms with Gasteiger partial charge in [-0.2, -0.15) is 0 Å². The number of likely N-dealkylation sites (tertiary alicyclic amines) is 1. The lowest BCUT2D eigenvalue weighted by atomic mass is 9.94. The summed E-state index contributed by atoms with van der Waals surface area (Å²) in [6.07, 6.45) is 1.74. The average molecular weight is 387 g/mol. The van der Waals surface area contributed by atoms with Crippen LogP contribution < -0.4 is 10.1 Å². The van der Waals surface area contributed by atoms with Crippen LogP contribution >= 0.6 is 11.6 Å². The molecule has 0 aromatic heterocycles. The highest BCUT2D eigenvalue weighted by Crippen LogP contribution is 2.26. The van der Waals surface area contributed by atoms with Crippen molar-refractivity contribution in [1.29, 1.82) is 0 Å². The van der Waals surface area contributed by atoms with Gasteiger partial charge in [-0.05, 0) is 50.6 Å². The Balaban J connectivity index is 1.52. The van der Waals surface area contributed by atoms with Gasteiger partial charge in [-0.1, -0.05) is 48.0 Å². The molecule has 5 heteroatoms. The van der Waals surface area contributed by atoms with E-state index < -0.39 is 0 Å². The third-order valence-electron chi connectivity index (χ3n) is 5.27. The summed E-state index contributed by atoms with van der Waals surface area (Å²) in [5, 5.41) is 3.96. The molecule has 1 atom stereocenters. The van der Waals surface area contributed by atoms with Crippen LogP contribution in [0.4, 0.5) is 0 Å². The zero-order valence-electron chi connectivity index (χ0n) is 16.0. The summed E-state index contributed by atoms with van der Waals surface area (Å²) >= 11 is 6.26. The van der Waals surface area contributed by atoms with Gasteiger partial charge in [0.05, 0.1) is 13.2 Å². The van der Waals surface area contributed by atoms with Gasteiger partial charge < -0.3 is 10.1 Å². The summed E-state index contributed by atoms with van der Waals surface area (Å²) in [5.74, 6) is 0.996. The van der Waals surface area contributed by atoms with Gasteiger partial charge in [0.2, 0.25) is 5.91 Å². The molecule has 3 rings (SSSR count). The van der Waals surface area contributed by atoms with Gasteiger partial charge >= 0.3 is 0 Å². The van der Waals surface area contributed by atoms with Crippen molar-refractivity contribution < 1.29 is 9.53 Å². The molecule has 0 aliphatic carbocycles. The molecule has 1 heterocycles. The van der Waals surface area contributed by atoms with Gasteiger partial charge in [-0.25, -0.2) is 0 Å². The number of benzene rings is 2. The number of piperidine rings is 1. The number of carbonyl (C=O) groups is 1. The molecule has 1 saturated heterocycles. The smallest absolute Gasteiger partial charge is 0.223 e. The predicted molar refractivity (Wildman–Crippen MR) is 109 cm³/mol. The summed E-state index contributed by atoms with van der Waals surface area (Å²) in [5.41, 5.74) is 2.15. The van der Waals surface area contributed by atoms with Gasteiger partial charge in [0, 0.05) is 23.0 Å². The first-order valence-corrected chi connectivity index (χ1v) is 9.85. The molecule has 1 amide bonds. The summed E-state index contributed by atoms with van der Waals surface area (Å²) in [7, 11) is 1.65. The van der Waals surface area contributed by atoms with Crippen molar-refractivity contribution in [2.45, 2.75) is 32.4 Å². The minimum atomic E-state index is -0.0743. The standard InChI is InChI=1S/C22H27ClN2O2/c1-16(19-8-4-6-10-21(19)27-2)24-22(26)17-11-13-25(14-12-17)15-18-7-3-5-9-20(18)23/h3-10,16-17H,11-15H2,1-2H3,(H,24,26). The van der Waals surface area contributed by atoms with Crippen LogP contribution in [-0.4, -0.2) is 31.0 Å². The highest BCUT2D eigenvalue weighted by atomic mass is 35.5. The topological polar surface area (TPSA) is 41.6 Å². The molecule has 0 spiro atoms. The number of ether oxygens (including phenoxy) is 1. The number of hydrogen-bond donors (Lipinski definition) is 1. The van der Waals surface area contributed by atoms with E-state index in [1.54, 1.807) is 7.11 Å². The molecule has 1 unspecified atom stereocenters. The SMILES string of the molecule is COc1ccccc1C(C)NC(=O)C1CCN(Cc2ccccc2Cl)CC1. The highest BCUT2D eigenvalue weighted by Gasteiger charge is 2.26. The molecule has 1 N–H and O–H groups in total. The number of nitrogens with zero attached hydrogens (tertiary/aromatic N) is 1. The Labute approximate surface area is 166 Å². The van der Waals surface area contributed by atoms with Gasteiger partial charge in [0.1, 0.15) is 5.75 Å². The number of amides is 1. The van der Waals surface area contributed by atoms with Crippen LogP contribution in [0.1, 0.15) is 36.9 Å². The lowest BCUT2D eigenvalue weighted by Crippen LogP contribution is -2.41. The van der Waals surface area contributed by atoms with E-state index in [1.165, 1.54) is 0 Å². The molecule has 1 aliphatic rings. The van der Waals surface area contributed by atoms with Crippen molar-refractivity contribution >= 4 is 17.5 Å². The number of carbonyl (C=O) groups excluding carboxylic acids is 1. The van der Waals surface area contributed by atoms with Gasteiger partial charge in [-0.3, -0.25) is 9.69 Å². The lowest BCUT2D eigenvalue weighted by molar-refractivity contribution is -0.127. The first-order valence-electron chi connectivity index (χ1n) is 9.47. The quantitative estimate of drug-likeness (QED) is 0.798. The molecule has 4 nitrogen and oxygen atoms in total. The van der Waals surface area contributed by atoms with Gasteiger partial charge in [0.15, 0.2) is 0 Å². The molecule has 0 bridgehead atoms. The molecule has 0 saturated carbocycles.